The monoisotopic (exact) mass is 352 g/mol. The van der Waals surface area contributed by atoms with Gasteiger partial charge in [-0.2, -0.15) is 0 Å². The van der Waals surface area contributed by atoms with Crippen molar-refractivity contribution in [3.8, 4) is 11.5 Å². The average Bonchev–Trinajstić information content (AvgIpc) is 2.55. The number of ether oxygens (including phenoxy) is 1. The second kappa shape index (κ2) is 7.36. The van der Waals surface area contributed by atoms with Crippen molar-refractivity contribution in [2.24, 2.45) is 0 Å². The molecule has 1 heterocycles. The fourth-order valence-corrected chi connectivity index (χ4v) is 2.61. The minimum Gasteiger partial charge on any atom is -0.457 e. The summed E-state index contributed by atoms with van der Waals surface area (Å²) in [5.41, 5.74) is 2.77. The van der Waals surface area contributed by atoms with E-state index in [2.05, 4.69) is 10.3 Å². The zero-order chi connectivity index (χ0) is 17.8. The third kappa shape index (κ3) is 4.37. The van der Waals surface area contributed by atoms with Crippen LogP contribution >= 0.6 is 11.6 Å². The molecule has 0 aliphatic carbocycles. The Bertz CT molecular complexity index is 925. The molecule has 3 rings (SSSR count). The van der Waals surface area contributed by atoms with Crippen LogP contribution in [0.3, 0.4) is 0 Å². The van der Waals surface area contributed by atoms with Gasteiger partial charge in [0.15, 0.2) is 0 Å². The Hall–Kier alpha value is -2.85. The first-order valence-electron chi connectivity index (χ1n) is 7.80. The van der Waals surface area contributed by atoms with Gasteiger partial charge >= 0.3 is 0 Å². The number of aromatic nitrogens is 1. The van der Waals surface area contributed by atoms with Gasteiger partial charge in [0, 0.05) is 22.5 Å². The van der Waals surface area contributed by atoms with E-state index in [-0.39, 0.29) is 5.91 Å². The van der Waals surface area contributed by atoms with E-state index in [0.717, 1.165) is 5.69 Å². The molecule has 1 amide bonds. The molecule has 25 heavy (non-hydrogen) atoms. The smallest absolute Gasteiger partial charge is 0.257 e. The predicted molar refractivity (Wildman–Crippen MR) is 99.6 cm³/mol. The van der Waals surface area contributed by atoms with E-state index >= 15 is 0 Å². The molecule has 0 atom stereocenters. The molecule has 1 aromatic heterocycles. The van der Waals surface area contributed by atoms with E-state index in [4.69, 9.17) is 16.3 Å². The number of halogens is 1. The highest BCUT2D eigenvalue weighted by atomic mass is 35.5. The predicted octanol–water partition coefficient (Wildman–Crippen LogP) is 5.40. The van der Waals surface area contributed by atoms with Crippen LogP contribution < -0.4 is 10.1 Å². The maximum atomic E-state index is 12.5. The molecule has 0 radical (unpaired) electrons. The number of benzene rings is 2. The molecule has 126 valence electrons. The van der Waals surface area contributed by atoms with Crippen molar-refractivity contribution >= 4 is 23.2 Å². The zero-order valence-corrected chi connectivity index (χ0v) is 14.7. The van der Waals surface area contributed by atoms with Crippen molar-refractivity contribution in [2.75, 3.05) is 5.32 Å². The molecule has 2 aromatic carbocycles. The van der Waals surface area contributed by atoms with Gasteiger partial charge in [-0.15, -0.1) is 0 Å². The van der Waals surface area contributed by atoms with Crippen LogP contribution in [0.1, 0.15) is 21.7 Å². The van der Waals surface area contributed by atoms with Gasteiger partial charge in [0.05, 0.1) is 11.3 Å². The Kier molecular flexibility index (Phi) is 5.00. The summed E-state index contributed by atoms with van der Waals surface area (Å²) >= 11 is 5.96. The quantitative estimate of drug-likeness (QED) is 0.684. The fraction of sp³-hybridized carbons (Fsp3) is 0.100. The van der Waals surface area contributed by atoms with Crippen LogP contribution in [-0.2, 0) is 0 Å². The van der Waals surface area contributed by atoms with Crippen LogP contribution in [0.2, 0.25) is 5.02 Å². The summed E-state index contributed by atoms with van der Waals surface area (Å²) in [6, 6.07) is 17.9. The van der Waals surface area contributed by atoms with Crippen molar-refractivity contribution in [3.63, 3.8) is 0 Å². The Balaban J connectivity index is 1.76. The molecule has 4 nitrogen and oxygen atoms in total. The van der Waals surface area contributed by atoms with E-state index in [1.807, 2.05) is 44.2 Å². The Morgan fingerprint density at radius 3 is 2.44 bits per heavy atom. The highest BCUT2D eigenvalue weighted by Crippen LogP contribution is 2.26. The largest absolute Gasteiger partial charge is 0.457 e. The van der Waals surface area contributed by atoms with E-state index in [1.54, 1.807) is 30.3 Å². The Morgan fingerprint density at radius 2 is 1.72 bits per heavy atom. The van der Waals surface area contributed by atoms with Crippen molar-refractivity contribution in [1.29, 1.82) is 0 Å². The molecule has 5 heteroatoms. The topological polar surface area (TPSA) is 51.2 Å². The number of carbonyl (C=O) groups excluding carboxylic acids is 1. The summed E-state index contributed by atoms with van der Waals surface area (Å²) < 4.78 is 5.78. The third-order valence-electron chi connectivity index (χ3n) is 3.59. The molecule has 0 aliphatic heterocycles. The number of pyridine rings is 1. The summed E-state index contributed by atoms with van der Waals surface area (Å²) in [5, 5.41) is 3.47. The Morgan fingerprint density at radius 1 is 1.00 bits per heavy atom. The summed E-state index contributed by atoms with van der Waals surface area (Å²) in [5.74, 6) is 1.04. The van der Waals surface area contributed by atoms with Crippen LogP contribution in [0.4, 0.5) is 5.69 Å². The first-order valence-corrected chi connectivity index (χ1v) is 8.18. The first kappa shape index (κ1) is 17.0. The molecule has 0 unspecified atom stereocenters. The lowest BCUT2D eigenvalue weighted by molar-refractivity contribution is 0.102. The van der Waals surface area contributed by atoms with Gasteiger partial charge in [-0.05, 0) is 56.3 Å². The maximum absolute atomic E-state index is 12.5. The van der Waals surface area contributed by atoms with Crippen molar-refractivity contribution in [1.82, 2.24) is 4.98 Å². The van der Waals surface area contributed by atoms with Gasteiger partial charge < -0.3 is 10.1 Å². The van der Waals surface area contributed by atoms with Gasteiger partial charge in [-0.25, -0.2) is 0 Å². The van der Waals surface area contributed by atoms with Crippen molar-refractivity contribution in [2.45, 2.75) is 13.8 Å². The molecule has 0 bridgehead atoms. The number of hydrogen-bond donors (Lipinski definition) is 1. The van der Waals surface area contributed by atoms with Crippen LogP contribution in [0, 0.1) is 13.8 Å². The lowest BCUT2D eigenvalue weighted by Crippen LogP contribution is -2.14. The number of hydrogen-bond acceptors (Lipinski definition) is 3. The number of nitrogens with zero attached hydrogens (tertiary/aromatic N) is 1. The van der Waals surface area contributed by atoms with Crippen molar-refractivity contribution in [3.05, 3.63) is 82.6 Å². The van der Waals surface area contributed by atoms with Gasteiger partial charge in [-0.3, -0.25) is 9.78 Å². The molecule has 1 N–H and O–H groups in total. The minimum atomic E-state index is -0.204. The lowest BCUT2D eigenvalue weighted by atomic mass is 10.1. The number of anilines is 1. The molecule has 0 saturated carbocycles. The number of aryl methyl sites for hydroxylation is 2. The van der Waals surface area contributed by atoms with Crippen LogP contribution in [0.5, 0.6) is 11.5 Å². The highest BCUT2D eigenvalue weighted by Gasteiger charge is 2.11. The second-order valence-electron chi connectivity index (χ2n) is 5.63. The molecule has 3 aromatic rings. The number of carbonyl (C=O) groups is 1. The molecule has 0 saturated heterocycles. The van der Waals surface area contributed by atoms with E-state index < -0.39 is 0 Å². The standard InChI is InChI=1S/C20H17ClN2O2/c1-13-9-10-19(14(2)22-13)20(24)23-16-6-4-8-18(12-16)25-17-7-3-5-15(21)11-17/h3-12H,1-2H3,(H,23,24). The third-order valence-corrected chi connectivity index (χ3v) is 3.83. The van der Waals surface area contributed by atoms with Crippen molar-refractivity contribution < 1.29 is 9.53 Å². The molecule has 0 spiro atoms. The summed E-state index contributed by atoms with van der Waals surface area (Å²) in [4.78, 5) is 16.8. The number of amides is 1. The van der Waals surface area contributed by atoms with E-state index in [1.165, 1.54) is 0 Å². The van der Waals surface area contributed by atoms with Crippen LogP contribution in [-0.4, -0.2) is 10.9 Å². The highest BCUT2D eigenvalue weighted by molar-refractivity contribution is 6.30. The summed E-state index contributed by atoms with van der Waals surface area (Å²) in [6.45, 7) is 3.71. The molecular formula is C20H17ClN2O2. The maximum Gasteiger partial charge on any atom is 0.257 e. The molecular weight excluding hydrogens is 336 g/mol. The normalized spacial score (nSPS) is 10.4. The average molecular weight is 353 g/mol. The van der Waals surface area contributed by atoms with Gasteiger partial charge in [0.2, 0.25) is 0 Å². The van der Waals surface area contributed by atoms with E-state index in [9.17, 15) is 4.79 Å². The van der Waals surface area contributed by atoms with Gasteiger partial charge in [0.1, 0.15) is 11.5 Å². The zero-order valence-electron chi connectivity index (χ0n) is 13.9. The number of nitrogens with one attached hydrogen (secondary N) is 1. The first-order chi connectivity index (χ1) is 12.0. The lowest BCUT2D eigenvalue weighted by Gasteiger charge is -2.10. The Labute approximate surface area is 151 Å². The molecule has 0 aliphatic rings. The minimum absolute atomic E-state index is 0.204. The van der Waals surface area contributed by atoms with E-state index in [0.29, 0.717) is 33.5 Å². The number of rotatable bonds is 4. The summed E-state index contributed by atoms with van der Waals surface area (Å²) in [6.07, 6.45) is 0. The van der Waals surface area contributed by atoms with Gasteiger partial charge in [0.25, 0.3) is 5.91 Å². The summed E-state index contributed by atoms with van der Waals surface area (Å²) in [7, 11) is 0. The van der Waals surface area contributed by atoms with Gasteiger partial charge in [-0.1, -0.05) is 23.7 Å². The van der Waals surface area contributed by atoms with Crippen LogP contribution in [0.15, 0.2) is 60.7 Å². The fourth-order valence-electron chi connectivity index (χ4n) is 2.43. The van der Waals surface area contributed by atoms with Crippen LogP contribution in [0.25, 0.3) is 0 Å². The molecule has 0 fully saturated rings. The second-order valence-corrected chi connectivity index (χ2v) is 6.06. The SMILES string of the molecule is Cc1ccc(C(=O)Nc2cccc(Oc3cccc(Cl)c3)c2)c(C)n1.